The van der Waals surface area contributed by atoms with E-state index in [1.54, 1.807) is 11.3 Å². The molecule has 0 radical (unpaired) electrons. The third kappa shape index (κ3) is 3.59. The molecule has 18 heavy (non-hydrogen) atoms. The van der Waals surface area contributed by atoms with Gasteiger partial charge in [-0.05, 0) is 14.0 Å². The average molecular weight is 266 g/mol. The van der Waals surface area contributed by atoms with E-state index in [2.05, 4.69) is 32.6 Å². The summed E-state index contributed by atoms with van der Waals surface area (Å²) in [5.41, 5.74) is 7.44. The van der Waals surface area contributed by atoms with Gasteiger partial charge in [0.1, 0.15) is 0 Å². The summed E-state index contributed by atoms with van der Waals surface area (Å²) in [6, 6.07) is 0. The van der Waals surface area contributed by atoms with Crippen LogP contribution in [-0.4, -0.2) is 38.5 Å². The van der Waals surface area contributed by atoms with Gasteiger partial charge in [-0.2, -0.15) is 0 Å². The zero-order valence-electron chi connectivity index (χ0n) is 10.7. The number of nitrogens with two attached hydrogens (primary N) is 1. The van der Waals surface area contributed by atoms with Crippen LogP contribution in [0.4, 0.5) is 0 Å². The summed E-state index contributed by atoms with van der Waals surface area (Å²) in [6.45, 7) is 5.05. The summed E-state index contributed by atoms with van der Waals surface area (Å²) in [7, 11) is 2.08. The van der Waals surface area contributed by atoms with E-state index in [-0.39, 0.29) is 0 Å². The number of aryl methyl sites for hydroxylation is 1. The number of hydrogen-bond acceptors (Lipinski definition) is 6. The second-order valence-corrected chi connectivity index (χ2v) is 5.33. The van der Waals surface area contributed by atoms with Gasteiger partial charge in [0.25, 0.3) is 0 Å². The maximum absolute atomic E-state index is 5.49. The van der Waals surface area contributed by atoms with Crippen LogP contribution in [0.3, 0.4) is 0 Å². The highest BCUT2D eigenvalue weighted by Gasteiger charge is 2.05. The molecule has 2 heterocycles. The first-order chi connectivity index (χ1) is 8.67. The molecule has 7 heteroatoms. The molecule has 98 valence electrons. The normalized spacial score (nSPS) is 11.3. The van der Waals surface area contributed by atoms with Gasteiger partial charge in [-0.3, -0.25) is 9.58 Å². The van der Waals surface area contributed by atoms with Gasteiger partial charge >= 0.3 is 0 Å². The molecule has 2 N–H and O–H groups in total. The molecule has 0 saturated carbocycles. The molecule has 6 nitrogen and oxygen atoms in total. The summed E-state index contributed by atoms with van der Waals surface area (Å²) < 4.78 is 1.82. The Kier molecular flexibility index (Phi) is 4.40. The van der Waals surface area contributed by atoms with E-state index in [9.17, 15) is 0 Å². The van der Waals surface area contributed by atoms with Crippen LogP contribution in [0.1, 0.15) is 16.4 Å². The summed E-state index contributed by atoms with van der Waals surface area (Å²) in [6.07, 6.45) is 1.89. The fourth-order valence-electron chi connectivity index (χ4n) is 1.65. The van der Waals surface area contributed by atoms with E-state index in [1.165, 1.54) is 0 Å². The lowest BCUT2D eigenvalue weighted by molar-refractivity contribution is 0.301. The van der Waals surface area contributed by atoms with Gasteiger partial charge in [0.2, 0.25) is 0 Å². The molecule has 0 aliphatic rings. The van der Waals surface area contributed by atoms with Gasteiger partial charge in [-0.25, -0.2) is 4.98 Å². The monoisotopic (exact) mass is 266 g/mol. The number of likely N-dealkylation sites (N-methyl/N-ethyl adjacent to an activating group) is 1. The lowest BCUT2D eigenvalue weighted by Crippen LogP contribution is -2.23. The van der Waals surface area contributed by atoms with E-state index in [1.807, 2.05) is 17.8 Å². The highest BCUT2D eigenvalue weighted by Crippen LogP contribution is 2.09. The molecule has 0 spiro atoms. The Morgan fingerprint density at radius 3 is 2.89 bits per heavy atom. The molecule has 0 aliphatic carbocycles. The maximum Gasteiger partial charge on any atom is 0.0962 e. The van der Waals surface area contributed by atoms with Crippen LogP contribution in [0.15, 0.2) is 11.6 Å². The SMILES string of the molecule is Cc1nc(CN(C)CCn2cc(CN)nn2)cs1. The first kappa shape index (κ1) is 13.1. The molecule has 0 fully saturated rings. The van der Waals surface area contributed by atoms with Gasteiger partial charge < -0.3 is 5.73 Å². The van der Waals surface area contributed by atoms with Crippen LogP contribution in [0.5, 0.6) is 0 Å². The van der Waals surface area contributed by atoms with Gasteiger partial charge in [0.05, 0.1) is 22.9 Å². The minimum atomic E-state index is 0.438. The van der Waals surface area contributed by atoms with Gasteiger partial charge in [-0.1, -0.05) is 5.21 Å². The van der Waals surface area contributed by atoms with Crippen LogP contribution < -0.4 is 5.73 Å². The molecule has 2 aromatic rings. The Morgan fingerprint density at radius 2 is 2.28 bits per heavy atom. The van der Waals surface area contributed by atoms with Crippen LogP contribution in [0.25, 0.3) is 0 Å². The second-order valence-electron chi connectivity index (χ2n) is 4.27. The molecule has 2 aromatic heterocycles. The Hall–Kier alpha value is -1.31. The molecule has 0 aliphatic heterocycles. The maximum atomic E-state index is 5.49. The smallest absolute Gasteiger partial charge is 0.0962 e. The molecule has 0 saturated heterocycles. The molecule has 0 unspecified atom stereocenters. The van der Waals surface area contributed by atoms with E-state index >= 15 is 0 Å². The molecule has 2 rings (SSSR count). The zero-order valence-corrected chi connectivity index (χ0v) is 11.5. The van der Waals surface area contributed by atoms with Crippen molar-refractivity contribution in [3.05, 3.63) is 28.0 Å². The largest absolute Gasteiger partial charge is 0.325 e. The van der Waals surface area contributed by atoms with Crippen molar-refractivity contribution in [2.75, 3.05) is 13.6 Å². The first-order valence-corrected chi connectivity index (χ1v) is 6.74. The number of thiazole rings is 1. The minimum absolute atomic E-state index is 0.438. The molecule has 0 atom stereocenters. The Bertz CT molecular complexity index is 491. The Labute approximate surface area is 110 Å². The van der Waals surface area contributed by atoms with Crippen molar-refractivity contribution in [2.45, 2.75) is 26.6 Å². The van der Waals surface area contributed by atoms with Crippen LogP contribution in [0.2, 0.25) is 0 Å². The Balaban J connectivity index is 1.79. The predicted octanol–water partition coefficient (Wildman–Crippen LogP) is 0.634. The fraction of sp³-hybridized carbons (Fsp3) is 0.545. The summed E-state index contributed by atoms with van der Waals surface area (Å²) in [5.74, 6) is 0. The standard InChI is InChI=1S/C11H18N6S/c1-9-13-11(8-18-9)6-16(2)3-4-17-7-10(5-12)14-15-17/h7-8H,3-6,12H2,1-2H3. The van der Waals surface area contributed by atoms with Crippen molar-refractivity contribution in [3.8, 4) is 0 Å². The Morgan fingerprint density at radius 1 is 1.44 bits per heavy atom. The van der Waals surface area contributed by atoms with Crippen molar-refractivity contribution < 1.29 is 0 Å². The lowest BCUT2D eigenvalue weighted by Gasteiger charge is -2.14. The van der Waals surface area contributed by atoms with E-state index in [0.717, 1.165) is 36.0 Å². The number of aromatic nitrogens is 4. The van der Waals surface area contributed by atoms with Gasteiger partial charge in [0, 0.05) is 31.2 Å². The van der Waals surface area contributed by atoms with E-state index in [4.69, 9.17) is 5.73 Å². The molecule has 0 amide bonds. The second kappa shape index (κ2) is 6.03. The van der Waals surface area contributed by atoms with E-state index < -0.39 is 0 Å². The highest BCUT2D eigenvalue weighted by molar-refractivity contribution is 7.09. The highest BCUT2D eigenvalue weighted by atomic mass is 32.1. The fourth-order valence-corrected chi connectivity index (χ4v) is 2.25. The topological polar surface area (TPSA) is 72.9 Å². The number of rotatable bonds is 6. The summed E-state index contributed by atoms with van der Waals surface area (Å²) in [4.78, 5) is 6.67. The zero-order chi connectivity index (χ0) is 13.0. The lowest BCUT2D eigenvalue weighted by atomic mass is 10.4. The molecule has 0 bridgehead atoms. The minimum Gasteiger partial charge on any atom is -0.325 e. The van der Waals surface area contributed by atoms with Crippen molar-refractivity contribution in [1.29, 1.82) is 0 Å². The number of nitrogens with zero attached hydrogens (tertiary/aromatic N) is 5. The number of hydrogen-bond donors (Lipinski definition) is 1. The quantitative estimate of drug-likeness (QED) is 0.830. The predicted molar refractivity (Wildman–Crippen MR) is 71.1 cm³/mol. The first-order valence-electron chi connectivity index (χ1n) is 5.86. The van der Waals surface area contributed by atoms with Crippen molar-refractivity contribution in [2.24, 2.45) is 5.73 Å². The average Bonchev–Trinajstić information content (AvgIpc) is 2.95. The molecule has 0 aromatic carbocycles. The van der Waals surface area contributed by atoms with Crippen molar-refractivity contribution in [3.63, 3.8) is 0 Å². The van der Waals surface area contributed by atoms with Crippen LogP contribution >= 0.6 is 11.3 Å². The third-order valence-corrected chi connectivity index (χ3v) is 3.43. The third-order valence-electron chi connectivity index (χ3n) is 2.60. The van der Waals surface area contributed by atoms with Crippen molar-refractivity contribution in [1.82, 2.24) is 24.9 Å². The van der Waals surface area contributed by atoms with Crippen LogP contribution in [-0.2, 0) is 19.6 Å². The molecular weight excluding hydrogens is 248 g/mol. The van der Waals surface area contributed by atoms with Crippen LogP contribution in [0, 0.1) is 6.92 Å². The molecular formula is C11H18N6S. The van der Waals surface area contributed by atoms with Gasteiger partial charge in [0.15, 0.2) is 0 Å². The van der Waals surface area contributed by atoms with Gasteiger partial charge in [-0.15, -0.1) is 16.4 Å². The van der Waals surface area contributed by atoms with E-state index in [0.29, 0.717) is 6.54 Å². The summed E-state index contributed by atoms with van der Waals surface area (Å²) in [5, 5.41) is 11.2. The van der Waals surface area contributed by atoms with Crippen molar-refractivity contribution >= 4 is 11.3 Å². The summed E-state index contributed by atoms with van der Waals surface area (Å²) >= 11 is 1.69.